The summed E-state index contributed by atoms with van der Waals surface area (Å²) in [4.78, 5) is 14.0. The summed E-state index contributed by atoms with van der Waals surface area (Å²) in [7, 11) is 0. The van der Waals surface area contributed by atoms with Gasteiger partial charge >= 0.3 is 0 Å². The number of hydrogen-bond donors (Lipinski definition) is 2. The van der Waals surface area contributed by atoms with Crippen LogP contribution in [0.1, 0.15) is 32.6 Å². The predicted octanol–water partition coefficient (Wildman–Crippen LogP) is 0.356. The molecule has 0 radical (unpaired) electrons. The first-order valence-electron chi connectivity index (χ1n) is 7.58. The van der Waals surface area contributed by atoms with Gasteiger partial charge in [-0.05, 0) is 32.6 Å². The SMILES string of the molecule is CC(CC1COCCN1)NCC(=O)N1CCCCC1. The van der Waals surface area contributed by atoms with Gasteiger partial charge < -0.3 is 20.3 Å². The quantitative estimate of drug-likeness (QED) is 0.756. The molecule has 5 nitrogen and oxygen atoms in total. The van der Waals surface area contributed by atoms with Crippen LogP contribution in [0, 0.1) is 0 Å². The molecule has 0 aromatic heterocycles. The van der Waals surface area contributed by atoms with E-state index in [9.17, 15) is 4.79 Å². The Hall–Kier alpha value is -0.650. The number of hydrogen-bond acceptors (Lipinski definition) is 4. The number of carbonyl (C=O) groups is 1. The molecule has 2 atom stereocenters. The average Bonchev–Trinajstić information content (AvgIpc) is 2.47. The molecule has 0 aliphatic carbocycles. The fourth-order valence-corrected chi connectivity index (χ4v) is 2.80. The molecule has 2 unspecified atom stereocenters. The zero-order valence-electron chi connectivity index (χ0n) is 12.0. The molecule has 2 fully saturated rings. The molecule has 0 bridgehead atoms. The number of nitrogens with zero attached hydrogens (tertiary/aromatic N) is 1. The molecule has 2 heterocycles. The molecule has 2 rings (SSSR count). The van der Waals surface area contributed by atoms with Crippen LogP contribution in [-0.2, 0) is 9.53 Å². The van der Waals surface area contributed by atoms with Gasteiger partial charge in [0.05, 0.1) is 19.8 Å². The number of carbonyl (C=O) groups excluding carboxylic acids is 1. The van der Waals surface area contributed by atoms with Crippen LogP contribution < -0.4 is 10.6 Å². The number of ether oxygens (including phenoxy) is 1. The molecular formula is C14H27N3O2. The van der Waals surface area contributed by atoms with Gasteiger partial charge in [-0.15, -0.1) is 0 Å². The summed E-state index contributed by atoms with van der Waals surface area (Å²) in [5.74, 6) is 0.249. The molecule has 0 saturated carbocycles. The highest BCUT2D eigenvalue weighted by Gasteiger charge is 2.19. The van der Waals surface area contributed by atoms with E-state index in [1.54, 1.807) is 0 Å². The standard InChI is InChI=1S/C14H27N3O2/c1-12(9-13-11-19-8-5-15-13)16-10-14(18)17-6-3-2-4-7-17/h12-13,15-16H,2-11H2,1H3. The van der Waals surface area contributed by atoms with Crippen LogP contribution in [-0.4, -0.2) is 62.3 Å². The highest BCUT2D eigenvalue weighted by Crippen LogP contribution is 2.08. The topological polar surface area (TPSA) is 53.6 Å². The number of likely N-dealkylation sites (tertiary alicyclic amines) is 1. The summed E-state index contributed by atoms with van der Waals surface area (Å²) in [6, 6.07) is 0.759. The van der Waals surface area contributed by atoms with Gasteiger partial charge in [0.2, 0.25) is 5.91 Å². The molecule has 110 valence electrons. The summed E-state index contributed by atoms with van der Waals surface area (Å²) >= 11 is 0. The number of rotatable bonds is 5. The molecule has 1 amide bonds. The van der Waals surface area contributed by atoms with E-state index in [1.165, 1.54) is 6.42 Å². The Morgan fingerprint density at radius 3 is 2.89 bits per heavy atom. The molecule has 0 spiro atoms. The van der Waals surface area contributed by atoms with Crippen LogP contribution in [0.15, 0.2) is 0 Å². The van der Waals surface area contributed by atoms with Crippen molar-refractivity contribution in [3.63, 3.8) is 0 Å². The zero-order valence-corrected chi connectivity index (χ0v) is 12.0. The Morgan fingerprint density at radius 1 is 1.42 bits per heavy atom. The smallest absolute Gasteiger partial charge is 0.236 e. The van der Waals surface area contributed by atoms with Crippen LogP contribution in [0.3, 0.4) is 0 Å². The van der Waals surface area contributed by atoms with Crippen LogP contribution in [0.5, 0.6) is 0 Å². The Bertz CT molecular complexity index is 274. The fourth-order valence-electron chi connectivity index (χ4n) is 2.80. The van der Waals surface area contributed by atoms with Gasteiger partial charge in [0.15, 0.2) is 0 Å². The van der Waals surface area contributed by atoms with Crippen molar-refractivity contribution in [2.45, 2.75) is 44.7 Å². The third kappa shape index (κ3) is 5.09. The third-order valence-corrected chi connectivity index (χ3v) is 3.95. The number of nitrogens with one attached hydrogen (secondary N) is 2. The Kier molecular flexibility index (Phi) is 6.07. The Morgan fingerprint density at radius 2 is 2.21 bits per heavy atom. The second kappa shape index (κ2) is 7.82. The molecule has 0 aromatic carbocycles. The van der Waals surface area contributed by atoms with Crippen LogP contribution in [0.25, 0.3) is 0 Å². The molecule has 5 heteroatoms. The first-order chi connectivity index (χ1) is 9.25. The summed E-state index contributed by atoms with van der Waals surface area (Å²) in [6.45, 7) is 7.01. The summed E-state index contributed by atoms with van der Waals surface area (Å²) in [5, 5.41) is 6.78. The van der Waals surface area contributed by atoms with Crippen LogP contribution >= 0.6 is 0 Å². The lowest BCUT2D eigenvalue weighted by Gasteiger charge is -2.29. The number of piperidine rings is 1. The lowest BCUT2D eigenvalue weighted by molar-refractivity contribution is -0.131. The van der Waals surface area contributed by atoms with Crippen molar-refractivity contribution in [1.29, 1.82) is 0 Å². The van der Waals surface area contributed by atoms with Crippen LogP contribution in [0.4, 0.5) is 0 Å². The van der Waals surface area contributed by atoms with Crippen LogP contribution in [0.2, 0.25) is 0 Å². The molecule has 2 saturated heterocycles. The molecule has 2 N–H and O–H groups in total. The van der Waals surface area contributed by atoms with Crippen molar-refractivity contribution in [1.82, 2.24) is 15.5 Å². The van der Waals surface area contributed by atoms with Gasteiger partial charge in [-0.3, -0.25) is 4.79 Å². The number of morpholine rings is 1. The van der Waals surface area contributed by atoms with Gasteiger partial charge in [-0.25, -0.2) is 0 Å². The highest BCUT2D eigenvalue weighted by atomic mass is 16.5. The van der Waals surface area contributed by atoms with Crippen molar-refractivity contribution in [2.24, 2.45) is 0 Å². The van der Waals surface area contributed by atoms with E-state index in [2.05, 4.69) is 17.6 Å². The monoisotopic (exact) mass is 269 g/mol. The first-order valence-corrected chi connectivity index (χ1v) is 7.58. The van der Waals surface area contributed by atoms with E-state index in [1.807, 2.05) is 4.90 Å². The minimum atomic E-state index is 0.249. The van der Waals surface area contributed by atoms with E-state index in [4.69, 9.17) is 4.74 Å². The van der Waals surface area contributed by atoms with E-state index >= 15 is 0 Å². The normalized spacial score (nSPS) is 26.2. The summed E-state index contributed by atoms with van der Waals surface area (Å²) in [6.07, 6.45) is 4.59. The maximum atomic E-state index is 12.0. The highest BCUT2D eigenvalue weighted by molar-refractivity contribution is 5.78. The van der Waals surface area contributed by atoms with Crippen molar-refractivity contribution in [2.75, 3.05) is 39.4 Å². The Balaban J connectivity index is 1.61. The second-order valence-electron chi connectivity index (χ2n) is 5.69. The second-order valence-corrected chi connectivity index (χ2v) is 5.69. The first kappa shape index (κ1) is 14.8. The average molecular weight is 269 g/mol. The minimum absolute atomic E-state index is 0.249. The van der Waals surface area contributed by atoms with E-state index in [0.29, 0.717) is 18.6 Å². The maximum Gasteiger partial charge on any atom is 0.236 e. The van der Waals surface area contributed by atoms with Crippen molar-refractivity contribution < 1.29 is 9.53 Å². The van der Waals surface area contributed by atoms with Crippen molar-refractivity contribution in [3.8, 4) is 0 Å². The van der Waals surface area contributed by atoms with E-state index < -0.39 is 0 Å². The van der Waals surface area contributed by atoms with E-state index in [0.717, 1.165) is 52.1 Å². The summed E-state index contributed by atoms with van der Waals surface area (Å²) < 4.78 is 5.44. The molecule has 19 heavy (non-hydrogen) atoms. The lowest BCUT2D eigenvalue weighted by Crippen LogP contribution is -2.47. The largest absolute Gasteiger partial charge is 0.379 e. The Labute approximate surface area is 116 Å². The third-order valence-electron chi connectivity index (χ3n) is 3.95. The van der Waals surface area contributed by atoms with Gasteiger partial charge in [-0.2, -0.15) is 0 Å². The minimum Gasteiger partial charge on any atom is -0.379 e. The molecule has 0 aromatic rings. The fraction of sp³-hybridized carbons (Fsp3) is 0.929. The van der Waals surface area contributed by atoms with Gasteiger partial charge in [-0.1, -0.05) is 0 Å². The van der Waals surface area contributed by atoms with Gasteiger partial charge in [0, 0.05) is 31.7 Å². The van der Waals surface area contributed by atoms with Gasteiger partial charge in [0.1, 0.15) is 0 Å². The zero-order chi connectivity index (χ0) is 13.5. The molecule has 2 aliphatic rings. The predicted molar refractivity (Wildman–Crippen MR) is 75.1 cm³/mol. The molecule has 2 aliphatic heterocycles. The van der Waals surface area contributed by atoms with Crippen molar-refractivity contribution in [3.05, 3.63) is 0 Å². The lowest BCUT2D eigenvalue weighted by atomic mass is 10.1. The molecular weight excluding hydrogens is 242 g/mol. The van der Waals surface area contributed by atoms with E-state index in [-0.39, 0.29) is 5.91 Å². The van der Waals surface area contributed by atoms with Gasteiger partial charge in [0.25, 0.3) is 0 Å². The summed E-state index contributed by atoms with van der Waals surface area (Å²) in [5.41, 5.74) is 0. The number of amides is 1. The maximum absolute atomic E-state index is 12.0. The van der Waals surface area contributed by atoms with Crippen molar-refractivity contribution >= 4 is 5.91 Å².